The largest absolute Gasteiger partial charge is 0.490 e. The molecule has 0 saturated carbocycles. The molecule has 0 radical (unpaired) electrons. The number of hydrogen-bond donors (Lipinski definition) is 3. The van der Waals surface area contributed by atoms with Crippen LogP contribution in [-0.2, 0) is 27.9 Å². The molecule has 0 unspecified atom stereocenters. The molecule has 0 saturated heterocycles. The second-order valence-electron chi connectivity index (χ2n) is 8.59. The zero-order valence-electron chi connectivity index (χ0n) is 21.3. The molecule has 214 valence electrons. The molecule has 8 nitrogen and oxygen atoms in total. The van der Waals surface area contributed by atoms with Crippen molar-refractivity contribution in [3.63, 3.8) is 0 Å². The summed E-state index contributed by atoms with van der Waals surface area (Å²) in [5, 5.41) is 16.7. The van der Waals surface area contributed by atoms with Crippen LogP contribution in [0.4, 0.5) is 24.5 Å². The molecule has 0 fully saturated rings. The molecule has 12 heteroatoms. The van der Waals surface area contributed by atoms with Crippen molar-refractivity contribution in [3.8, 4) is 0 Å². The Bertz CT molecular complexity index is 1530. The van der Waals surface area contributed by atoms with E-state index in [2.05, 4.69) is 4.72 Å². The lowest BCUT2D eigenvalue weighted by molar-refractivity contribution is -0.192. The number of nitrogens with one attached hydrogen (secondary N) is 1. The molecule has 0 amide bonds. The van der Waals surface area contributed by atoms with E-state index in [4.69, 9.17) is 9.90 Å². The second kappa shape index (κ2) is 13.5. The van der Waals surface area contributed by atoms with Gasteiger partial charge in [0.25, 0.3) is 10.0 Å². The van der Waals surface area contributed by atoms with Gasteiger partial charge in [-0.1, -0.05) is 78.9 Å². The van der Waals surface area contributed by atoms with E-state index < -0.39 is 28.1 Å². The average Bonchev–Trinajstić information content (AvgIpc) is 2.94. The topological polar surface area (TPSA) is 124 Å². The number of alkyl halides is 3. The number of aromatic carboxylic acids is 1. The number of carboxylic acid groups (broad SMARTS) is 2. The fourth-order valence-electron chi connectivity index (χ4n) is 3.66. The van der Waals surface area contributed by atoms with Crippen LogP contribution in [0.15, 0.2) is 114 Å². The Morgan fingerprint density at radius 3 is 1.59 bits per heavy atom. The minimum Gasteiger partial charge on any atom is -0.478 e. The molecule has 0 bridgehead atoms. The molecule has 0 atom stereocenters. The predicted octanol–water partition coefficient (Wildman–Crippen LogP) is 6.03. The lowest BCUT2D eigenvalue weighted by Crippen LogP contribution is -2.24. The van der Waals surface area contributed by atoms with Crippen molar-refractivity contribution in [1.82, 2.24) is 0 Å². The molecule has 4 aromatic carbocycles. The van der Waals surface area contributed by atoms with Gasteiger partial charge < -0.3 is 15.1 Å². The SMILES string of the molecule is O=C(O)C(F)(F)F.O=C(O)c1ccc(N(Cc2ccccc2)Cc2ccccc2)c(NS(=O)(=O)c2ccccc2)c1. The number of carbonyl (C=O) groups is 2. The number of carboxylic acids is 2. The molecule has 3 N–H and O–H groups in total. The van der Waals surface area contributed by atoms with E-state index in [0.29, 0.717) is 18.8 Å². The first-order valence-corrected chi connectivity index (χ1v) is 13.4. The molecule has 0 aliphatic carbocycles. The summed E-state index contributed by atoms with van der Waals surface area (Å²) in [5.74, 6) is -3.89. The summed E-state index contributed by atoms with van der Waals surface area (Å²) in [5.41, 5.74) is 2.86. The van der Waals surface area contributed by atoms with E-state index in [0.717, 1.165) is 11.1 Å². The normalized spacial score (nSPS) is 11.1. The summed E-state index contributed by atoms with van der Waals surface area (Å²) in [6.45, 7) is 1.00. The van der Waals surface area contributed by atoms with Crippen molar-refractivity contribution >= 4 is 33.3 Å². The van der Waals surface area contributed by atoms with Crippen molar-refractivity contribution in [3.05, 3.63) is 126 Å². The summed E-state index contributed by atoms with van der Waals surface area (Å²) in [6.07, 6.45) is -5.08. The Morgan fingerprint density at radius 1 is 0.732 bits per heavy atom. The van der Waals surface area contributed by atoms with Gasteiger partial charge in [-0.05, 0) is 41.5 Å². The fraction of sp³-hybridized carbons (Fsp3) is 0.103. The number of nitrogens with zero attached hydrogens (tertiary/aromatic N) is 1. The third kappa shape index (κ3) is 9.11. The van der Waals surface area contributed by atoms with Crippen molar-refractivity contribution in [2.45, 2.75) is 24.2 Å². The molecule has 4 rings (SSSR count). The van der Waals surface area contributed by atoms with Crippen LogP contribution in [0.2, 0.25) is 0 Å². The molecular formula is C29H25F3N2O6S. The van der Waals surface area contributed by atoms with Crippen LogP contribution in [0, 0.1) is 0 Å². The third-order valence-corrected chi connectivity index (χ3v) is 6.94. The zero-order chi connectivity index (χ0) is 30.0. The van der Waals surface area contributed by atoms with Gasteiger partial charge in [-0.2, -0.15) is 13.2 Å². The van der Waals surface area contributed by atoms with Gasteiger partial charge in [0.05, 0.1) is 21.8 Å². The number of sulfonamides is 1. The lowest BCUT2D eigenvalue weighted by Gasteiger charge is -2.28. The van der Waals surface area contributed by atoms with Gasteiger partial charge in [0.2, 0.25) is 0 Å². The maximum absolute atomic E-state index is 13.1. The minimum absolute atomic E-state index is 0.00566. The number of benzene rings is 4. The third-order valence-electron chi connectivity index (χ3n) is 5.56. The smallest absolute Gasteiger partial charge is 0.478 e. The van der Waals surface area contributed by atoms with Gasteiger partial charge in [-0.15, -0.1) is 0 Å². The molecule has 4 aromatic rings. The van der Waals surface area contributed by atoms with Gasteiger partial charge in [0.15, 0.2) is 0 Å². The lowest BCUT2D eigenvalue weighted by atomic mass is 10.1. The van der Waals surface area contributed by atoms with Crippen LogP contribution >= 0.6 is 0 Å². The Morgan fingerprint density at radius 2 is 1.17 bits per heavy atom. The fourth-order valence-corrected chi connectivity index (χ4v) is 4.75. The number of anilines is 2. The van der Waals surface area contributed by atoms with E-state index >= 15 is 0 Å². The molecule has 0 heterocycles. The first-order chi connectivity index (χ1) is 19.4. The van der Waals surface area contributed by atoms with Crippen LogP contribution in [0.3, 0.4) is 0 Å². The highest BCUT2D eigenvalue weighted by Crippen LogP contribution is 2.32. The molecule has 0 aromatic heterocycles. The van der Waals surface area contributed by atoms with Gasteiger partial charge >= 0.3 is 18.1 Å². The van der Waals surface area contributed by atoms with Gasteiger partial charge in [-0.3, -0.25) is 4.72 Å². The molecule has 0 aliphatic rings. The van der Waals surface area contributed by atoms with Crippen LogP contribution in [0.5, 0.6) is 0 Å². The summed E-state index contributed by atoms with van der Waals surface area (Å²) >= 11 is 0. The van der Waals surface area contributed by atoms with E-state index in [1.165, 1.54) is 24.3 Å². The van der Waals surface area contributed by atoms with Crippen molar-refractivity contribution in [2.75, 3.05) is 9.62 Å². The van der Waals surface area contributed by atoms with Gasteiger partial charge in [-0.25, -0.2) is 18.0 Å². The van der Waals surface area contributed by atoms with E-state index in [9.17, 15) is 31.5 Å². The summed E-state index contributed by atoms with van der Waals surface area (Å²) in [4.78, 5) is 22.7. The van der Waals surface area contributed by atoms with Crippen LogP contribution < -0.4 is 9.62 Å². The zero-order valence-corrected chi connectivity index (χ0v) is 22.1. The first kappa shape index (κ1) is 30.7. The Hall–Kier alpha value is -4.84. The standard InChI is InChI=1S/C27H24N2O4S.C2HF3O2/c30-27(31)23-16-17-26(25(18-23)28-34(32,33)24-14-8-3-9-15-24)29(19-21-10-4-1-5-11-21)20-22-12-6-2-7-13-22;3-2(4,5)1(6)7/h1-18,28H,19-20H2,(H,30,31);(H,6,7). The molecular weight excluding hydrogens is 561 g/mol. The first-order valence-electron chi connectivity index (χ1n) is 11.9. The Kier molecular flexibility index (Phi) is 10.1. The highest BCUT2D eigenvalue weighted by molar-refractivity contribution is 7.92. The number of rotatable bonds is 9. The Balaban J connectivity index is 0.000000587. The molecule has 0 spiro atoms. The van der Waals surface area contributed by atoms with Crippen LogP contribution in [0.1, 0.15) is 21.5 Å². The summed E-state index contributed by atoms with van der Waals surface area (Å²) < 4.78 is 60.5. The average molecular weight is 587 g/mol. The molecule has 41 heavy (non-hydrogen) atoms. The highest BCUT2D eigenvalue weighted by atomic mass is 32.2. The molecule has 0 aliphatic heterocycles. The van der Waals surface area contributed by atoms with Crippen molar-refractivity contribution in [1.29, 1.82) is 0 Å². The Labute approximate surface area is 234 Å². The van der Waals surface area contributed by atoms with E-state index in [1.807, 2.05) is 65.6 Å². The summed E-state index contributed by atoms with van der Waals surface area (Å²) in [7, 11) is -3.93. The quantitative estimate of drug-likeness (QED) is 0.219. The van der Waals surface area contributed by atoms with Crippen LogP contribution in [0.25, 0.3) is 0 Å². The number of hydrogen-bond acceptors (Lipinski definition) is 5. The summed E-state index contributed by atoms with van der Waals surface area (Å²) in [6, 6.07) is 32.2. The number of halogens is 3. The monoisotopic (exact) mass is 586 g/mol. The van der Waals surface area contributed by atoms with Gasteiger partial charge in [0, 0.05) is 13.1 Å². The van der Waals surface area contributed by atoms with Crippen LogP contribution in [-0.4, -0.2) is 36.7 Å². The van der Waals surface area contributed by atoms with Crippen molar-refractivity contribution < 1.29 is 41.4 Å². The van der Waals surface area contributed by atoms with E-state index in [-0.39, 0.29) is 16.1 Å². The maximum Gasteiger partial charge on any atom is 0.490 e. The van der Waals surface area contributed by atoms with Crippen molar-refractivity contribution in [2.24, 2.45) is 0 Å². The minimum atomic E-state index is -5.08. The highest BCUT2D eigenvalue weighted by Gasteiger charge is 2.38. The van der Waals surface area contributed by atoms with E-state index in [1.54, 1.807) is 24.3 Å². The predicted molar refractivity (Wildman–Crippen MR) is 147 cm³/mol. The second-order valence-corrected chi connectivity index (χ2v) is 10.3. The number of aliphatic carboxylic acids is 1. The van der Waals surface area contributed by atoms with Gasteiger partial charge in [0.1, 0.15) is 0 Å². The maximum atomic E-state index is 13.1.